The molecule has 11 rings (SSSR count). The van der Waals surface area contributed by atoms with Crippen LogP contribution in [0.5, 0.6) is 0 Å². The quantitative estimate of drug-likeness (QED) is 0.180. The van der Waals surface area contributed by atoms with Crippen molar-refractivity contribution >= 4 is 77.4 Å². The van der Waals surface area contributed by atoms with Crippen molar-refractivity contribution in [2.24, 2.45) is 0 Å². The third-order valence-electron chi connectivity index (χ3n) is 10.9. The number of furan rings is 2. The van der Waals surface area contributed by atoms with Crippen LogP contribution in [0.2, 0.25) is 0 Å². The molecular formula is C50H35N3O2. The van der Waals surface area contributed by atoms with Crippen LogP contribution in [0.1, 0.15) is 28.9 Å². The monoisotopic (exact) mass is 709 g/mol. The van der Waals surface area contributed by atoms with Gasteiger partial charge in [0.25, 0.3) is 0 Å². The Labute approximate surface area is 317 Å². The van der Waals surface area contributed by atoms with Crippen LogP contribution < -0.4 is 15.5 Å². The molecule has 0 spiro atoms. The lowest BCUT2D eigenvalue weighted by Crippen LogP contribution is -2.39. The van der Waals surface area contributed by atoms with E-state index in [2.05, 4.69) is 191 Å². The summed E-state index contributed by atoms with van der Waals surface area (Å²) in [5.74, 6) is 0. The van der Waals surface area contributed by atoms with E-state index in [9.17, 15) is 0 Å². The molecule has 0 saturated heterocycles. The average molecular weight is 710 g/mol. The zero-order valence-corrected chi connectivity index (χ0v) is 29.8. The SMILES string of the molecule is C1=C(c2ccc(N(c3ccccc3)c3ccc4oc5ccccc5c4c3)c3c2oc2cc4ccccc4cc23)NC(c2ccccc2)NC1c1ccccc1. The van der Waals surface area contributed by atoms with Gasteiger partial charge in [-0.1, -0.05) is 121 Å². The van der Waals surface area contributed by atoms with Crippen molar-refractivity contribution in [1.29, 1.82) is 0 Å². The molecule has 55 heavy (non-hydrogen) atoms. The molecule has 1 aliphatic rings. The summed E-state index contributed by atoms with van der Waals surface area (Å²) in [7, 11) is 0. The van der Waals surface area contributed by atoms with Gasteiger partial charge in [0.05, 0.1) is 17.1 Å². The fourth-order valence-corrected chi connectivity index (χ4v) is 8.29. The molecule has 0 fully saturated rings. The Balaban J connectivity index is 1.17. The molecule has 2 atom stereocenters. The van der Waals surface area contributed by atoms with Crippen molar-refractivity contribution in [2.45, 2.75) is 12.2 Å². The van der Waals surface area contributed by atoms with Crippen molar-refractivity contribution < 1.29 is 8.83 Å². The molecule has 0 amide bonds. The fraction of sp³-hybridized carbons (Fsp3) is 0.0400. The minimum absolute atomic E-state index is 0.0262. The Hall–Kier alpha value is -7.08. The van der Waals surface area contributed by atoms with E-state index in [1.165, 1.54) is 10.9 Å². The molecule has 1 aliphatic heterocycles. The van der Waals surface area contributed by atoms with Gasteiger partial charge in [-0.05, 0) is 88.6 Å². The van der Waals surface area contributed by atoms with Crippen molar-refractivity contribution in [3.63, 3.8) is 0 Å². The topological polar surface area (TPSA) is 53.6 Å². The van der Waals surface area contributed by atoms with Gasteiger partial charge in [0.15, 0.2) is 0 Å². The van der Waals surface area contributed by atoms with Gasteiger partial charge in [-0.2, -0.15) is 0 Å². The van der Waals surface area contributed by atoms with Crippen LogP contribution in [0.3, 0.4) is 0 Å². The Morgan fingerprint density at radius 1 is 0.473 bits per heavy atom. The van der Waals surface area contributed by atoms with Crippen LogP contribution >= 0.6 is 0 Å². The summed E-state index contributed by atoms with van der Waals surface area (Å²) in [6.07, 6.45) is 2.17. The van der Waals surface area contributed by atoms with Gasteiger partial charge < -0.3 is 19.1 Å². The van der Waals surface area contributed by atoms with Crippen LogP contribution in [0.15, 0.2) is 197 Å². The zero-order chi connectivity index (χ0) is 36.3. The average Bonchev–Trinajstić information content (AvgIpc) is 3.82. The number of benzene rings is 8. The normalized spacial score (nSPS) is 15.8. The molecule has 8 aromatic carbocycles. The number of hydrogen-bond donors (Lipinski definition) is 2. The summed E-state index contributed by atoms with van der Waals surface area (Å²) in [6.45, 7) is 0. The molecule has 262 valence electrons. The number of rotatable bonds is 6. The van der Waals surface area contributed by atoms with E-state index in [0.717, 1.165) is 83.1 Å². The van der Waals surface area contributed by atoms with E-state index >= 15 is 0 Å². The molecule has 5 nitrogen and oxygen atoms in total. The maximum atomic E-state index is 7.06. The second-order valence-electron chi connectivity index (χ2n) is 14.2. The second kappa shape index (κ2) is 12.8. The van der Waals surface area contributed by atoms with Crippen molar-refractivity contribution in [2.75, 3.05) is 4.90 Å². The highest BCUT2D eigenvalue weighted by molar-refractivity contribution is 6.18. The van der Waals surface area contributed by atoms with Crippen LogP contribution in [0, 0.1) is 0 Å². The van der Waals surface area contributed by atoms with Crippen molar-refractivity contribution in [3.05, 3.63) is 205 Å². The first-order valence-electron chi connectivity index (χ1n) is 18.7. The number of nitrogens with zero attached hydrogens (tertiary/aromatic N) is 1. The van der Waals surface area contributed by atoms with Gasteiger partial charge >= 0.3 is 0 Å². The van der Waals surface area contributed by atoms with Crippen LogP contribution in [-0.4, -0.2) is 0 Å². The highest BCUT2D eigenvalue weighted by atomic mass is 16.3. The van der Waals surface area contributed by atoms with Gasteiger partial charge in [-0.3, -0.25) is 5.32 Å². The van der Waals surface area contributed by atoms with Gasteiger partial charge in [0.2, 0.25) is 0 Å². The Kier molecular flexibility index (Phi) is 7.32. The van der Waals surface area contributed by atoms with Crippen molar-refractivity contribution in [1.82, 2.24) is 10.6 Å². The van der Waals surface area contributed by atoms with Gasteiger partial charge in [-0.25, -0.2) is 0 Å². The molecule has 10 aromatic rings. The maximum Gasteiger partial charge on any atom is 0.146 e. The van der Waals surface area contributed by atoms with Crippen LogP contribution in [0.25, 0.3) is 60.3 Å². The number of anilines is 3. The number of para-hydroxylation sites is 2. The zero-order valence-electron chi connectivity index (χ0n) is 29.8. The predicted octanol–water partition coefficient (Wildman–Crippen LogP) is 13.1. The largest absolute Gasteiger partial charge is 0.456 e. The molecular weight excluding hydrogens is 675 g/mol. The van der Waals surface area contributed by atoms with Gasteiger partial charge in [0.1, 0.15) is 28.5 Å². The highest BCUT2D eigenvalue weighted by Gasteiger charge is 2.28. The van der Waals surface area contributed by atoms with Gasteiger partial charge in [-0.15, -0.1) is 0 Å². The Bertz CT molecular complexity index is 3060. The minimum Gasteiger partial charge on any atom is -0.456 e. The van der Waals surface area contributed by atoms with E-state index < -0.39 is 0 Å². The fourth-order valence-electron chi connectivity index (χ4n) is 8.29. The summed E-state index contributed by atoms with van der Waals surface area (Å²) in [5, 5.41) is 14.3. The number of nitrogens with one attached hydrogen (secondary N) is 2. The Morgan fingerprint density at radius 3 is 1.95 bits per heavy atom. The van der Waals surface area contributed by atoms with E-state index in [4.69, 9.17) is 8.83 Å². The van der Waals surface area contributed by atoms with E-state index in [0.29, 0.717) is 0 Å². The standard InChI is InChI=1S/C50H35N3O2/c1-4-14-32(15-5-1)42-31-43(52-50(51-42)33-16-6-2-7-17-33)39-25-26-44(48-41-28-34-18-10-11-19-35(34)29-47(41)55-49(39)48)53(36-20-8-3-9-21-36)37-24-27-46-40(30-37)38-22-12-13-23-45(38)54-46/h1-31,42,50-52H. The summed E-state index contributed by atoms with van der Waals surface area (Å²) in [4.78, 5) is 2.35. The number of hydrogen-bond acceptors (Lipinski definition) is 5. The summed E-state index contributed by atoms with van der Waals surface area (Å²) >= 11 is 0. The maximum absolute atomic E-state index is 7.06. The molecule has 0 saturated carbocycles. The van der Waals surface area contributed by atoms with Crippen LogP contribution in [0.4, 0.5) is 17.1 Å². The first-order chi connectivity index (χ1) is 27.2. The predicted molar refractivity (Wildman–Crippen MR) is 226 cm³/mol. The van der Waals surface area contributed by atoms with Crippen LogP contribution in [-0.2, 0) is 0 Å². The Morgan fingerprint density at radius 2 is 1.15 bits per heavy atom. The highest BCUT2D eigenvalue weighted by Crippen LogP contribution is 2.47. The lowest BCUT2D eigenvalue weighted by atomic mass is 9.96. The summed E-state index contributed by atoms with van der Waals surface area (Å²) < 4.78 is 13.3. The van der Waals surface area contributed by atoms with E-state index in [1.54, 1.807) is 0 Å². The molecule has 2 aromatic heterocycles. The smallest absolute Gasteiger partial charge is 0.146 e. The second-order valence-corrected chi connectivity index (χ2v) is 14.2. The third kappa shape index (κ3) is 5.36. The summed E-state index contributed by atoms with van der Waals surface area (Å²) in [6, 6.07) is 63.9. The van der Waals surface area contributed by atoms with Crippen molar-refractivity contribution in [3.8, 4) is 0 Å². The first kappa shape index (κ1) is 31.4. The number of fused-ring (bicyclic) bond motifs is 7. The summed E-state index contributed by atoms with van der Waals surface area (Å²) in [5.41, 5.74) is 10.9. The molecule has 0 aliphatic carbocycles. The third-order valence-corrected chi connectivity index (χ3v) is 10.9. The molecule has 0 radical (unpaired) electrons. The lowest BCUT2D eigenvalue weighted by molar-refractivity contribution is 0.442. The molecule has 5 heteroatoms. The molecule has 0 bridgehead atoms. The van der Waals surface area contributed by atoms with Gasteiger partial charge in [0, 0.05) is 38.8 Å². The lowest BCUT2D eigenvalue weighted by Gasteiger charge is -2.33. The minimum atomic E-state index is -0.120. The first-order valence-corrected chi connectivity index (χ1v) is 18.7. The molecule has 2 N–H and O–H groups in total. The molecule has 2 unspecified atom stereocenters. The van der Waals surface area contributed by atoms with E-state index in [-0.39, 0.29) is 12.2 Å². The van der Waals surface area contributed by atoms with E-state index in [1.807, 2.05) is 12.1 Å². The molecule has 3 heterocycles.